The molecule has 7 nitrogen and oxygen atoms in total. The Morgan fingerprint density at radius 1 is 1.69 bits per heavy atom. The van der Waals surface area contributed by atoms with Gasteiger partial charge in [-0.3, -0.25) is 4.79 Å². The van der Waals surface area contributed by atoms with Crippen molar-refractivity contribution in [1.82, 2.24) is 14.9 Å². The zero-order chi connectivity index (χ0) is 12.1. The van der Waals surface area contributed by atoms with E-state index in [4.69, 9.17) is 9.84 Å². The van der Waals surface area contributed by atoms with Crippen LogP contribution in [0.5, 0.6) is 0 Å². The van der Waals surface area contributed by atoms with E-state index in [1.807, 2.05) is 0 Å². The third-order valence-corrected chi connectivity index (χ3v) is 1.99. The Morgan fingerprint density at radius 3 is 2.81 bits per heavy atom. The minimum atomic E-state index is -1.14. The van der Waals surface area contributed by atoms with Crippen molar-refractivity contribution in [3.05, 3.63) is 18.2 Å². The molecule has 2 N–H and O–H groups in total. The molecule has 7 heteroatoms. The first kappa shape index (κ1) is 12.2. The molecular weight excluding hydrogens is 214 g/mol. The van der Waals surface area contributed by atoms with E-state index in [2.05, 4.69) is 10.3 Å². The molecule has 1 aromatic rings. The average Bonchev–Trinajstić information content (AvgIpc) is 2.63. The number of carbonyl (C=O) groups excluding carboxylic acids is 1. The van der Waals surface area contributed by atoms with Gasteiger partial charge in [-0.05, 0) is 0 Å². The minimum absolute atomic E-state index is 0.0844. The molecule has 0 saturated heterocycles. The fraction of sp³-hybridized carbons (Fsp3) is 0.444. The summed E-state index contributed by atoms with van der Waals surface area (Å²) < 4.78 is 6.20. The van der Waals surface area contributed by atoms with Gasteiger partial charge in [0.2, 0.25) is 0 Å². The fourth-order valence-electron chi connectivity index (χ4n) is 1.15. The molecular formula is C9H13N3O4. The summed E-state index contributed by atoms with van der Waals surface area (Å²) in [5.41, 5.74) is 0.294. The largest absolute Gasteiger partial charge is 0.480 e. The molecule has 1 rings (SSSR count). The number of nitrogens with zero attached hydrogens (tertiary/aromatic N) is 2. The zero-order valence-electron chi connectivity index (χ0n) is 9.01. The Hall–Kier alpha value is -1.89. The number of amides is 1. The molecule has 0 aliphatic heterocycles. The van der Waals surface area contributed by atoms with Gasteiger partial charge in [0.25, 0.3) is 5.91 Å². The van der Waals surface area contributed by atoms with E-state index in [1.54, 1.807) is 7.05 Å². The van der Waals surface area contributed by atoms with Crippen LogP contribution in [0.1, 0.15) is 10.5 Å². The molecule has 0 saturated carbocycles. The van der Waals surface area contributed by atoms with E-state index >= 15 is 0 Å². The quantitative estimate of drug-likeness (QED) is 0.690. The van der Waals surface area contributed by atoms with E-state index in [0.29, 0.717) is 5.69 Å². The van der Waals surface area contributed by atoms with Crippen LogP contribution in [0.15, 0.2) is 12.5 Å². The average molecular weight is 227 g/mol. The number of aromatic nitrogens is 2. The first-order valence-corrected chi connectivity index (χ1v) is 4.55. The first-order valence-electron chi connectivity index (χ1n) is 4.55. The van der Waals surface area contributed by atoms with E-state index in [0.717, 1.165) is 0 Å². The highest BCUT2D eigenvalue weighted by Gasteiger charge is 2.21. The van der Waals surface area contributed by atoms with Gasteiger partial charge in [0, 0.05) is 14.2 Å². The number of methoxy groups -OCH3 is 1. The summed E-state index contributed by atoms with van der Waals surface area (Å²) >= 11 is 0. The lowest BCUT2D eigenvalue weighted by atomic mass is 10.3. The Morgan fingerprint density at radius 2 is 2.38 bits per heavy atom. The van der Waals surface area contributed by atoms with Crippen molar-refractivity contribution >= 4 is 11.9 Å². The number of hydrogen-bond donors (Lipinski definition) is 2. The van der Waals surface area contributed by atoms with Crippen molar-refractivity contribution in [2.45, 2.75) is 6.04 Å². The van der Waals surface area contributed by atoms with Crippen LogP contribution in [-0.2, 0) is 16.6 Å². The number of ether oxygens (including phenoxy) is 1. The van der Waals surface area contributed by atoms with Crippen LogP contribution < -0.4 is 5.32 Å². The van der Waals surface area contributed by atoms with Crippen LogP contribution in [0.2, 0.25) is 0 Å². The lowest BCUT2D eigenvalue weighted by molar-refractivity contribution is -0.140. The molecule has 0 radical (unpaired) electrons. The maximum absolute atomic E-state index is 11.6. The molecule has 88 valence electrons. The maximum Gasteiger partial charge on any atom is 0.328 e. The predicted octanol–water partition coefficient (Wildman–Crippen LogP) is -0.750. The van der Waals surface area contributed by atoms with Gasteiger partial charge in [-0.1, -0.05) is 0 Å². The second kappa shape index (κ2) is 5.26. The molecule has 0 aromatic carbocycles. The molecule has 0 spiro atoms. The summed E-state index contributed by atoms with van der Waals surface area (Å²) in [6.07, 6.45) is 2.82. The smallest absolute Gasteiger partial charge is 0.328 e. The molecule has 1 heterocycles. The Bertz CT molecular complexity index is 388. The summed E-state index contributed by atoms with van der Waals surface area (Å²) in [6.45, 7) is -0.0844. The van der Waals surface area contributed by atoms with Crippen molar-refractivity contribution in [1.29, 1.82) is 0 Å². The highest BCUT2D eigenvalue weighted by Crippen LogP contribution is 1.97. The second-order valence-electron chi connectivity index (χ2n) is 3.21. The van der Waals surface area contributed by atoms with Crippen LogP contribution in [0, 0.1) is 0 Å². The van der Waals surface area contributed by atoms with Gasteiger partial charge < -0.3 is 19.7 Å². The normalized spacial score (nSPS) is 12.1. The van der Waals surface area contributed by atoms with Crippen LogP contribution in [0.25, 0.3) is 0 Å². The molecule has 1 atom stereocenters. The van der Waals surface area contributed by atoms with Gasteiger partial charge in [0.15, 0.2) is 6.04 Å². The summed E-state index contributed by atoms with van der Waals surface area (Å²) in [7, 11) is 3.01. The van der Waals surface area contributed by atoms with Crippen molar-refractivity contribution in [2.75, 3.05) is 13.7 Å². The van der Waals surface area contributed by atoms with Crippen LogP contribution in [0.4, 0.5) is 0 Å². The highest BCUT2D eigenvalue weighted by atomic mass is 16.5. The Balaban J connectivity index is 2.69. The van der Waals surface area contributed by atoms with Gasteiger partial charge in [-0.25, -0.2) is 9.78 Å². The number of rotatable bonds is 5. The molecule has 1 amide bonds. The Kier molecular flexibility index (Phi) is 4.01. The van der Waals surface area contributed by atoms with Gasteiger partial charge in [0.1, 0.15) is 5.69 Å². The molecule has 16 heavy (non-hydrogen) atoms. The molecule has 1 unspecified atom stereocenters. The van der Waals surface area contributed by atoms with Crippen molar-refractivity contribution < 1.29 is 19.4 Å². The maximum atomic E-state index is 11.6. The third kappa shape index (κ3) is 2.80. The molecule has 0 fully saturated rings. The van der Waals surface area contributed by atoms with E-state index in [1.165, 1.54) is 24.2 Å². The summed E-state index contributed by atoms with van der Waals surface area (Å²) in [4.78, 5) is 26.2. The molecule has 0 bridgehead atoms. The minimum Gasteiger partial charge on any atom is -0.480 e. The van der Waals surface area contributed by atoms with E-state index < -0.39 is 17.9 Å². The number of carbonyl (C=O) groups is 2. The topological polar surface area (TPSA) is 93.5 Å². The van der Waals surface area contributed by atoms with Crippen LogP contribution in [0.3, 0.4) is 0 Å². The van der Waals surface area contributed by atoms with Gasteiger partial charge in [0.05, 0.1) is 19.1 Å². The summed E-state index contributed by atoms with van der Waals surface area (Å²) in [5.74, 6) is -1.64. The van der Waals surface area contributed by atoms with Crippen molar-refractivity contribution in [3.63, 3.8) is 0 Å². The molecule has 0 aliphatic rings. The molecule has 1 aromatic heterocycles. The predicted molar refractivity (Wildman–Crippen MR) is 54.0 cm³/mol. The van der Waals surface area contributed by atoms with Gasteiger partial charge >= 0.3 is 5.97 Å². The highest BCUT2D eigenvalue weighted by molar-refractivity contribution is 5.95. The molecule has 0 aliphatic carbocycles. The zero-order valence-corrected chi connectivity index (χ0v) is 9.01. The third-order valence-electron chi connectivity index (χ3n) is 1.99. The Labute approximate surface area is 92.0 Å². The van der Waals surface area contributed by atoms with Crippen LogP contribution in [-0.4, -0.2) is 46.3 Å². The number of carboxylic acid groups (broad SMARTS) is 1. The summed E-state index contributed by atoms with van der Waals surface area (Å²) in [5, 5.41) is 11.1. The number of aliphatic carboxylic acids is 1. The van der Waals surface area contributed by atoms with Crippen molar-refractivity contribution in [2.24, 2.45) is 7.05 Å². The number of imidazole rings is 1. The number of nitrogens with one attached hydrogen (secondary N) is 1. The SMILES string of the molecule is COCC(NC(=O)c1cncn1C)C(=O)O. The fourth-order valence-corrected chi connectivity index (χ4v) is 1.15. The monoisotopic (exact) mass is 227 g/mol. The number of hydrogen-bond acceptors (Lipinski definition) is 4. The number of aryl methyl sites for hydroxylation is 1. The second-order valence-corrected chi connectivity index (χ2v) is 3.21. The first-order chi connectivity index (χ1) is 7.56. The van der Waals surface area contributed by atoms with Crippen molar-refractivity contribution in [3.8, 4) is 0 Å². The summed E-state index contributed by atoms with van der Waals surface area (Å²) in [6, 6.07) is -1.06. The lowest BCUT2D eigenvalue weighted by Crippen LogP contribution is -2.44. The van der Waals surface area contributed by atoms with Gasteiger partial charge in [-0.15, -0.1) is 0 Å². The van der Waals surface area contributed by atoms with Crippen LogP contribution >= 0.6 is 0 Å². The lowest BCUT2D eigenvalue weighted by Gasteiger charge is -2.13. The van der Waals surface area contributed by atoms with E-state index in [9.17, 15) is 9.59 Å². The van der Waals surface area contributed by atoms with Gasteiger partial charge in [-0.2, -0.15) is 0 Å². The standard InChI is InChI=1S/C9H13N3O4/c1-12-5-10-3-7(12)8(13)11-6(4-16-2)9(14)15/h3,5-6H,4H2,1-2H3,(H,11,13)(H,14,15). The number of carboxylic acids is 1. The van der Waals surface area contributed by atoms with E-state index in [-0.39, 0.29) is 6.61 Å².